The average molecular weight is 280 g/mol. The van der Waals surface area contributed by atoms with E-state index in [1.807, 2.05) is 17.5 Å². The molecule has 0 radical (unpaired) electrons. The van der Waals surface area contributed by atoms with Crippen LogP contribution in [0.25, 0.3) is 0 Å². The first kappa shape index (κ1) is 13.4. The zero-order valence-electron chi connectivity index (χ0n) is 9.77. The molecular formula is C13H10F2N2OS. The highest BCUT2D eigenvalue weighted by molar-refractivity contribution is 7.10. The maximum absolute atomic E-state index is 13.2. The van der Waals surface area contributed by atoms with Gasteiger partial charge >= 0.3 is 0 Å². The van der Waals surface area contributed by atoms with Crippen LogP contribution in [-0.4, -0.2) is 12.1 Å². The van der Waals surface area contributed by atoms with Gasteiger partial charge in [0.05, 0.1) is 12.6 Å². The lowest BCUT2D eigenvalue weighted by Gasteiger charge is -1.98. The zero-order valence-corrected chi connectivity index (χ0v) is 10.6. The van der Waals surface area contributed by atoms with Crippen molar-refractivity contribution in [2.24, 2.45) is 5.10 Å². The van der Waals surface area contributed by atoms with Gasteiger partial charge in [0, 0.05) is 16.5 Å². The molecule has 0 aliphatic heterocycles. The van der Waals surface area contributed by atoms with Crippen LogP contribution in [0.15, 0.2) is 40.8 Å². The topological polar surface area (TPSA) is 41.5 Å². The number of hydrogen-bond acceptors (Lipinski definition) is 3. The molecule has 1 heterocycles. The predicted octanol–water partition coefficient (Wildman–Crippen LogP) is 2.72. The first-order chi connectivity index (χ1) is 9.15. The Morgan fingerprint density at radius 2 is 2.21 bits per heavy atom. The van der Waals surface area contributed by atoms with Crippen LogP contribution < -0.4 is 5.43 Å². The van der Waals surface area contributed by atoms with Gasteiger partial charge in [0.25, 0.3) is 0 Å². The van der Waals surface area contributed by atoms with Crippen molar-refractivity contribution in [1.29, 1.82) is 0 Å². The van der Waals surface area contributed by atoms with Gasteiger partial charge in [0.2, 0.25) is 5.91 Å². The number of carbonyl (C=O) groups excluding carboxylic acids is 1. The minimum atomic E-state index is -0.726. The molecule has 0 fully saturated rings. The van der Waals surface area contributed by atoms with Crippen molar-refractivity contribution in [2.45, 2.75) is 6.42 Å². The first-order valence-corrected chi connectivity index (χ1v) is 6.32. The molecule has 1 N–H and O–H groups in total. The largest absolute Gasteiger partial charge is 0.273 e. The Morgan fingerprint density at radius 1 is 1.37 bits per heavy atom. The fourth-order valence-corrected chi connectivity index (χ4v) is 2.09. The van der Waals surface area contributed by atoms with Gasteiger partial charge in [-0.2, -0.15) is 5.10 Å². The van der Waals surface area contributed by atoms with E-state index in [1.165, 1.54) is 17.4 Å². The van der Waals surface area contributed by atoms with E-state index in [4.69, 9.17) is 0 Å². The van der Waals surface area contributed by atoms with E-state index in [-0.39, 0.29) is 17.9 Å². The Kier molecular flexibility index (Phi) is 4.35. The quantitative estimate of drug-likeness (QED) is 0.679. The average Bonchev–Trinajstić information content (AvgIpc) is 2.84. The van der Waals surface area contributed by atoms with Gasteiger partial charge in [-0.3, -0.25) is 4.79 Å². The van der Waals surface area contributed by atoms with E-state index < -0.39 is 11.6 Å². The monoisotopic (exact) mass is 280 g/mol. The van der Waals surface area contributed by atoms with E-state index >= 15 is 0 Å². The van der Waals surface area contributed by atoms with Gasteiger partial charge in [-0.15, -0.1) is 11.3 Å². The Hall–Kier alpha value is -2.08. The Balaban J connectivity index is 1.91. The summed E-state index contributed by atoms with van der Waals surface area (Å²) in [5.41, 5.74) is 2.40. The van der Waals surface area contributed by atoms with Gasteiger partial charge in [-0.1, -0.05) is 6.07 Å². The normalized spacial score (nSPS) is 10.8. The molecule has 19 heavy (non-hydrogen) atoms. The zero-order chi connectivity index (χ0) is 13.7. The molecule has 0 atom stereocenters. The highest BCUT2D eigenvalue weighted by atomic mass is 32.1. The molecule has 2 aromatic rings. The van der Waals surface area contributed by atoms with Gasteiger partial charge < -0.3 is 0 Å². The summed E-state index contributed by atoms with van der Waals surface area (Å²) in [6.07, 6.45) is 1.36. The lowest BCUT2D eigenvalue weighted by molar-refractivity contribution is -0.120. The number of nitrogens with zero attached hydrogens (tertiary/aromatic N) is 1. The molecule has 0 saturated carbocycles. The van der Waals surface area contributed by atoms with Crippen LogP contribution in [-0.2, 0) is 11.2 Å². The van der Waals surface area contributed by atoms with Crippen LogP contribution in [0.4, 0.5) is 8.78 Å². The number of nitrogens with one attached hydrogen (secondary N) is 1. The highest BCUT2D eigenvalue weighted by Gasteiger charge is 2.03. The smallest absolute Gasteiger partial charge is 0.245 e. The Morgan fingerprint density at radius 3 is 2.89 bits per heavy atom. The summed E-state index contributed by atoms with van der Waals surface area (Å²) in [6.45, 7) is 0. The summed E-state index contributed by atoms with van der Waals surface area (Å²) in [4.78, 5) is 12.4. The predicted molar refractivity (Wildman–Crippen MR) is 70.1 cm³/mol. The molecule has 0 aliphatic rings. The molecule has 0 bridgehead atoms. The molecule has 0 saturated heterocycles. The summed E-state index contributed by atoms with van der Waals surface area (Å²) in [5.74, 6) is -1.67. The van der Waals surface area contributed by atoms with Crippen molar-refractivity contribution in [3.63, 3.8) is 0 Å². The number of rotatable bonds is 4. The molecule has 3 nitrogen and oxygen atoms in total. The summed E-state index contributed by atoms with van der Waals surface area (Å²) in [5, 5.41) is 5.50. The molecule has 0 unspecified atom stereocenters. The number of thiophene rings is 1. The standard InChI is InChI=1S/C13H10F2N2OS/c14-10-4-3-9(12(15)6-10)8-16-17-13(18)7-11-2-1-5-19-11/h1-6,8H,7H2,(H,17,18)/b16-8+. The van der Waals surface area contributed by atoms with Crippen molar-refractivity contribution in [1.82, 2.24) is 5.43 Å². The van der Waals surface area contributed by atoms with Gasteiger partial charge in [0.15, 0.2) is 0 Å². The van der Waals surface area contributed by atoms with Crippen molar-refractivity contribution in [2.75, 3.05) is 0 Å². The highest BCUT2D eigenvalue weighted by Crippen LogP contribution is 2.09. The molecule has 1 aromatic carbocycles. The number of hydrogen-bond donors (Lipinski definition) is 1. The minimum Gasteiger partial charge on any atom is -0.273 e. The van der Waals surface area contributed by atoms with Crippen molar-refractivity contribution in [3.05, 3.63) is 57.8 Å². The fourth-order valence-electron chi connectivity index (χ4n) is 1.39. The van der Waals surface area contributed by atoms with E-state index in [2.05, 4.69) is 10.5 Å². The summed E-state index contributed by atoms with van der Waals surface area (Å²) < 4.78 is 25.9. The third kappa shape index (κ3) is 3.96. The molecule has 1 aromatic heterocycles. The van der Waals surface area contributed by atoms with Gasteiger partial charge in [-0.05, 0) is 23.6 Å². The molecule has 6 heteroatoms. The summed E-state index contributed by atoms with van der Waals surface area (Å²) in [6, 6.07) is 6.82. The third-order valence-corrected chi connectivity index (χ3v) is 3.15. The van der Waals surface area contributed by atoms with E-state index in [0.29, 0.717) is 0 Å². The number of hydrazone groups is 1. The van der Waals surface area contributed by atoms with Gasteiger partial charge in [0.1, 0.15) is 11.6 Å². The van der Waals surface area contributed by atoms with Crippen LogP contribution in [0.2, 0.25) is 0 Å². The number of carbonyl (C=O) groups is 1. The number of benzene rings is 1. The summed E-state index contributed by atoms with van der Waals surface area (Å²) >= 11 is 1.47. The first-order valence-electron chi connectivity index (χ1n) is 5.44. The molecule has 0 spiro atoms. The summed E-state index contributed by atoms with van der Waals surface area (Å²) in [7, 11) is 0. The minimum absolute atomic E-state index is 0.109. The number of amides is 1. The van der Waals surface area contributed by atoms with Crippen LogP contribution in [0.3, 0.4) is 0 Å². The van der Waals surface area contributed by atoms with Crippen molar-refractivity contribution in [3.8, 4) is 0 Å². The van der Waals surface area contributed by atoms with E-state index in [0.717, 1.165) is 23.2 Å². The van der Waals surface area contributed by atoms with E-state index in [9.17, 15) is 13.6 Å². The van der Waals surface area contributed by atoms with Crippen LogP contribution >= 0.6 is 11.3 Å². The third-order valence-electron chi connectivity index (χ3n) is 2.27. The molecule has 1 amide bonds. The van der Waals surface area contributed by atoms with Crippen molar-refractivity contribution < 1.29 is 13.6 Å². The molecule has 98 valence electrons. The maximum Gasteiger partial charge on any atom is 0.245 e. The van der Waals surface area contributed by atoms with Crippen LogP contribution in [0.5, 0.6) is 0 Å². The second-order valence-corrected chi connectivity index (χ2v) is 4.75. The van der Waals surface area contributed by atoms with Crippen molar-refractivity contribution >= 4 is 23.5 Å². The second-order valence-electron chi connectivity index (χ2n) is 3.72. The Bertz CT molecular complexity index is 597. The van der Waals surface area contributed by atoms with Gasteiger partial charge in [-0.25, -0.2) is 14.2 Å². The molecule has 0 aliphatic carbocycles. The lowest BCUT2D eigenvalue weighted by atomic mass is 10.2. The van der Waals surface area contributed by atoms with Crippen LogP contribution in [0.1, 0.15) is 10.4 Å². The number of halogens is 2. The molecular weight excluding hydrogens is 270 g/mol. The fraction of sp³-hybridized carbons (Fsp3) is 0.0769. The van der Waals surface area contributed by atoms with Crippen LogP contribution in [0, 0.1) is 11.6 Å². The molecule has 2 rings (SSSR count). The Labute approximate surface area is 112 Å². The lowest BCUT2D eigenvalue weighted by Crippen LogP contribution is -2.19. The second kappa shape index (κ2) is 6.19. The maximum atomic E-state index is 13.2. The SMILES string of the molecule is O=C(Cc1cccs1)N/N=C/c1ccc(F)cc1F. The van der Waals surface area contributed by atoms with E-state index in [1.54, 1.807) is 0 Å².